The van der Waals surface area contributed by atoms with Gasteiger partial charge in [-0.2, -0.15) is 0 Å². The molecule has 0 saturated carbocycles. The molecule has 2 aromatic rings. The normalized spacial score (nSPS) is 21.4. The van der Waals surface area contributed by atoms with Crippen LogP contribution in [0.4, 0.5) is 0 Å². The molecule has 1 aromatic heterocycles. The van der Waals surface area contributed by atoms with Gasteiger partial charge in [0.2, 0.25) is 0 Å². The summed E-state index contributed by atoms with van der Waals surface area (Å²) in [7, 11) is 2.21. The minimum Gasteiger partial charge on any atom is -0.315 e. The quantitative estimate of drug-likeness (QED) is 0.889. The summed E-state index contributed by atoms with van der Waals surface area (Å²) >= 11 is 0. The van der Waals surface area contributed by atoms with Crippen molar-refractivity contribution in [1.29, 1.82) is 0 Å². The Hall–Kier alpha value is -1.45. The number of likely N-dealkylation sites (N-methyl/N-ethyl adjacent to an activating group) is 1. The summed E-state index contributed by atoms with van der Waals surface area (Å²) in [6.07, 6.45) is 2.99. The first kappa shape index (κ1) is 12.6. The molecule has 3 nitrogen and oxygen atoms in total. The van der Waals surface area contributed by atoms with E-state index in [2.05, 4.69) is 46.5 Å². The number of pyridine rings is 1. The standard InChI is InChI=1S/C16H21N3/c1-19-9-8-17-11-13(12-19)10-14-4-2-6-16-15(14)5-3-7-18-16/h2-7,13,17H,8-12H2,1H3/t13-/m0/s1. The van der Waals surface area contributed by atoms with Crippen LogP contribution in [0, 0.1) is 5.92 Å². The van der Waals surface area contributed by atoms with Crippen LogP contribution in [0.5, 0.6) is 0 Å². The van der Waals surface area contributed by atoms with Crippen molar-refractivity contribution in [3.8, 4) is 0 Å². The fourth-order valence-corrected chi connectivity index (χ4v) is 2.97. The Kier molecular flexibility index (Phi) is 3.76. The zero-order valence-corrected chi connectivity index (χ0v) is 11.5. The van der Waals surface area contributed by atoms with Gasteiger partial charge in [-0.1, -0.05) is 18.2 Å². The molecule has 0 unspecified atom stereocenters. The first-order valence-corrected chi connectivity index (χ1v) is 7.05. The second-order valence-electron chi connectivity index (χ2n) is 5.52. The van der Waals surface area contributed by atoms with Crippen LogP contribution in [-0.2, 0) is 6.42 Å². The largest absolute Gasteiger partial charge is 0.315 e. The molecule has 0 spiro atoms. The topological polar surface area (TPSA) is 28.2 Å². The maximum absolute atomic E-state index is 4.44. The summed E-state index contributed by atoms with van der Waals surface area (Å²) in [4.78, 5) is 6.87. The van der Waals surface area contributed by atoms with Crippen molar-refractivity contribution >= 4 is 10.9 Å². The van der Waals surface area contributed by atoms with E-state index in [4.69, 9.17) is 0 Å². The molecule has 2 heterocycles. The summed E-state index contributed by atoms with van der Waals surface area (Å²) in [6.45, 7) is 4.53. The number of hydrogen-bond donors (Lipinski definition) is 1. The third-order valence-corrected chi connectivity index (χ3v) is 3.92. The Labute approximate surface area is 114 Å². The third kappa shape index (κ3) is 2.94. The number of nitrogens with one attached hydrogen (secondary N) is 1. The molecule has 3 rings (SSSR count). The molecular weight excluding hydrogens is 234 g/mol. The third-order valence-electron chi connectivity index (χ3n) is 3.92. The van der Waals surface area contributed by atoms with Gasteiger partial charge in [0.05, 0.1) is 5.52 Å². The average Bonchev–Trinajstić information content (AvgIpc) is 2.63. The number of benzene rings is 1. The van der Waals surface area contributed by atoms with Gasteiger partial charge in [-0.25, -0.2) is 0 Å². The van der Waals surface area contributed by atoms with Gasteiger partial charge in [0.15, 0.2) is 0 Å². The summed E-state index contributed by atoms with van der Waals surface area (Å²) in [5, 5.41) is 4.84. The van der Waals surface area contributed by atoms with E-state index in [-0.39, 0.29) is 0 Å². The van der Waals surface area contributed by atoms with Crippen molar-refractivity contribution in [1.82, 2.24) is 15.2 Å². The predicted molar refractivity (Wildman–Crippen MR) is 79.3 cm³/mol. The monoisotopic (exact) mass is 255 g/mol. The number of rotatable bonds is 2. The maximum atomic E-state index is 4.44. The van der Waals surface area contributed by atoms with Crippen LogP contribution in [0.25, 0.3) is 10.9 Å². The lowest BCUT2D eigenvalue weighted by Gasteiger charge is -2.20. The molecule has 100 valence electrons. The van der Waals surface area contributed by atoms with Crippen molar-refractivity contribution in [2.45, 2.75) is 6.42 Å². The Morgan fingerprint density at radius 1 is 1.32 bits per heavy atom. The van der Waals surface area contributed by atoms with E-state index in [1.165, 1.54) is 17.5 Å². The molecule has 1 aromatic carbocycles. The fraction of sp³-hybridized carbons (Fsp3) is 0.438. The number of aromatic nitrogens is 1. The number of fused-ring (bicyclic) bond motifs is 1. The minimum atomic E-state index is 0.679. The molecule has 3 heteroatoms. The lowest BCUT2D eigenvalue weighted by atomic mass is 9.96. The lowest BCUT2D eigenvalue weighted by Crippen LogP contribution is -2.27. The van der Waals surface area contributed by atoms with E-state index in [0.717, 1.165) is 31.6 Å². The van der Waals surface area contributed by atoms with Crippen molar-refractivity contribution in [2.75, 3.05) is 33.2 Å². The highest BCUT2D eigenvalue weighted by atomic mass is 15.1. The van der Waals surface area contributed by atoms with E-state index >= 15 is 0 Å². The van der Waals surface area contributed by atoms with Gasteiger partial charge in [-0.05, 0) is 43.6 Å². The second-order valence-corrected chi connectivity index (χ2v) is 5.52. The summed E-state index contributed by atoms with van der Waals surface area (Å²) < 4.78 is 0. The van der Waals surface area contributed by atoms with Crippen LogP contribution in [-0.4, -0.2) is 43.1 Å². The molecule has 1 fully saturated rings. The highest BCUT2D eigenvalue weighted by Crippen LogP contribution is 2.20. The van der Waals surface area contributed by atoms with Gasteiger partial charge in [0, 0.05) is 31.2 Å². The molecule has 1 atom stereocenters. The van der Waals surface area contributed by atoms with E-state index in [1.54, 1.807) is 0 Å². The van der Waals surface area contributed by atoms with Crippen LogP contribution in [0.2, 0.25) is 0 Å². The van der Waals surface area contributed by atoms with Gasteiger partial charge in [-0.15, -0.1) is 0 Å². The minimum absolute atomic E-state index is 0.679. The molecule has 1 N–H and O–H groups in total. The van der Waals surface area contributed by atoms with Crippen molar-refractivity contribution in [3.63, 3.8) is 0 Å². The molecule has 0 aliphatic carbocycles. The van der Waals surface area contributed by atoms with Gasteiger partial charge in [0.1, 0.15) is 0 Å². The van der Waals surface area contributed by atoms with E-state index in [9.17, 15) is 0 Å². The molecule has 0 bridgehead atoms. The van der Waals surface area contributed by atoms with Gasteiger partial charge in [0.25, 0.3) is 0 Å². The predicted octanol–water partition coefficient (Wildman–Crippen LogP) is 1.93. The Morgan fingerprint density at radius 3 is 3.21 bits per heavy atom. The van der Waals surface area contributed by atoms with Crippen LogP contribution in [0.3, 0.4) is 0 Å². The smallest absolute Gasteiger partial charge is 0.0704 e. The van der Waals surface area contributed by atoms with Crippen molar-refractivity contribution in [2.24, 2.45) is 5.92 Å². The Morgan fingerprint density at radius 2 is 2.26 bits per heavy atom. The summed E-state index contributed by atoms with van der Waals surface area (Å²) in [6, 6.07) is 10.7. The molecule has 1 aliphatic rings. The Bertz CT molecular complexity index is 547. The van der Waals surface area contributed by atoms with Crippen molar-refractivity contribution in [3.05, 3.63) is 42.1 Å². The number of hydrogen-bond acceptors (Lipinski definition) is 3. The van der Waals surface area contributed by atoms with E-state index < -0.39 is 0 Å². The fourth-order valence-electron chi connectivity index (χ4n) is 2.97. The molecule has 0 amide bonds. The van der Waals surface area contributed by atoms with Crippen LogP contribution >= 0.6 is 0 Å². The second kappa shape index (κ2) is 5.68. The lowest BCUT2D eigenvalue weighted by molar-refractivity contribution is 0.309. The number of nitrogens with zero attached hydrogens (tertiary/aromatic N) is 2. The molecule has 1 aliphatic heterocycles. The van der Waals surface area contributed by atoms with E-state index in [1.807, 2.05) is 12.3 Å². The molecular formula is C16H21N3. The summed E-state index contributed by atoms with van der Waals surface area (Å²) in [5.74, 6) is 0.679. The Balaban J connectivity index is 1.84. The SMILES string of the molecule is CN1CCNC[C@H](Cc2cccc3ncccc23)C1. The summed E-state index contributed by atoms with van der Waals surface area (Å²) in [5.41, 5.74) is 2.53. The highest BCUT2D eigenvalue weighted by Gasteiger charge is 2.16. The van der Waals surface area contributed by atoms with Gasteiger partial charge >= 0.3 is 0 Å². The highest BCUT2D eigenvalue weighted by molar-refractivity contribution is 5.81. The molecule has 1 saturated heterocycles. The van der Waals surface area contributed by atoms with Crippen LogP contribution < -0.4 is 5.32 Å². The van der Waals surface area contributed by atoms with Gasteiger partial charge < -0.3 is 10.2 Å². The zero-order valence-electron chi connectivity index (χ0n) is 11.5. The zero-order chi connectivity index (χ0) is 13.1. The van der Waals surface area contributed by atoms with Crippen LogP contribution in [0.1, 0.15) is 5.56 Å². The maximum Gasteiger partial charge on any atom is 0.0704 e. The molecule has 19 heavy (non-hydrogen) atoms. The van der Waals surface area contributed by atoms with E-state index in [0.29, 0.717) is 5.92 Å². The molecule has 0 radical (unpaired) electrons. The van der Waals surface area contributed by atoms with Crippen molar-refractivity contribution < 1.29 is 0 Å². The van der Waals surface area contributed by atoms with Gasteiger partial charge in [-0.3, -0.25) is 4.98 Å². The first-order valence-electron chi connectivity index (χ1n) is 7.05. The van der Waals surface area contributed by atoms with Crippen LogP contribution in [0.15, 0.2) is 36.5 Å². The average molecular weight is 255 g/mol. The first-order chi connectivity index (χ1) is 9.33.